The highest BCUT2D eigenvalue weighted by Crippen LogP contribution is 2.30. The number of aryl methyl sites for hydroxylation is 1. The number of hydrogen-bond donors (Lipinski definition) is 2. The van der Waals surface area contributed by atoms with Crippen LogP contribution in [0.4, 0.5) is 14.5 Å². The van der Waals surface area contributed by atoms with E-state index in [0.29, 0.717) is 23.2 Å². The van der Waals surface area contributed by atoms with Crippen molar-refractivity contribution in [2.24, 2.45) is 0 Å². The Kier molecular flexibility index (Phi) is 6.32. The lowest BCUT2D eigenvalue weighted by Crippen LogP contribution is -2.13. The van der Waals surface area contributed by atoms with Crippen LogP contribution in [-0.2, 0) is 11.0 Å². The predicted molar refractivity (Wildman–Crippen MR) is 138 cm³/mol. The number of halogens is 2. The zero-order valence-corrected chi connectivity index (χ0v) is 20.4. The molecule has 0 bridgehead atoms. The molecule has 3 aromatic heterocycles. The zero-order valence-electron chi connectivity index (χ0n) is 19.6. The Bertz CT molecular complexity index is 1670. The molecule has 0 saturated heterocycles. The highest BCUT2D eigenvalue weighted by atomic mass is 32.2. The summed E-state index contributed by atoms with van der Waals surface area (Å²) in [7, 11) is -1.55. The number of fused-ring (bicyclic) bond motifs is 2. The van der Waals surface area contributed by atoms with Crippen LogP contribution in [0.1, 0.15) is 34.8 Å². The zero-order chi connectivity index (χ0) is 25.4. The van der Waals surface area contributed by atoms with E-state index in [-0.39, 0.29) is 11.3 Å². The van der Waals surface area contributed by atoms with Gasteiger partial charge in [-0.15, -0.1) is 0 Å². The molecule has 1 unspecified atom stereocenters. The van der Waals surface area contributed by atoms with Crippen molar-refractivity contribution in [3.8, 4) is 11.1 Å². The Hall–Kier alpha value is -3.98. The van der Waals surface area contributed by atoms with Gasteiger partial charge in [0.1, 0.15) is 22.5 Å². The molecular weight excluding hydrogens is 482 g/mol. The van der Waals surface area contributed by atoms with Crippen molar-refractivity contribution in [3.05, 3.63) is 89.4 Å². The summed E-state index contributed by atoms with van der Waals surface area (Å²) < 4.78 is 44.5. The van der Waals surface area contributed by atoms with Gasteiger partial charge in [-0.3, -0.25) is 9.78 Å². The topological polar surface area (TPSA) is 87.7 Å². The van der Waals surface area contributed by atoms with E-state index < -0.39 is 34.0 Å². The second-order valence-electron chi connectivity index (χ2n) is 8.45. The molecule has 9 heteroatoms. The second-order valence-corrected chi connectivity index (χ2v) is 9.75. The Balaban J connectivity index is 1.56. The molecule has 5 aromatic rings. The number of nitrogens with zero attached hydrogens (tertiary/aromatic N) is 2. The minimum absolute atomic E-state index is 0.0822. The summed E-state index contributed by atoms with van der Waals surface area (Å²) in [6.45, 7) is 3.85. The minimum Gasteiger partial charge on any atom is -0.345 e. The molecule has 0 aliphatic rings. The first-order valence-electron chi connectivity index (χ1n) is 11.4. The van der Waals surface area contributed by atoms with Gasteiger partial charge in [-0.25, -0.2) is 18.0 Å². The maximum absolute atomic E-state index is 15.2. The third-order valence-electron chi connectivity index (χ3n) is 6.00. The van der Waals surface area contributed by atoms with Gasteiger partial charge in [0.05, 0.1) is 16.8 Å². The lowest BCUT2D eigenvalue weighted by Gasteiger charge is -2.10. The monoisotopic (exact) mass is 504 g/mol. The number of carbonyl (C=O) groups excluding carboxylic acids is 1. The predicted octanol–water partition coefficient (Wildman–Crippen LogP) is 6.08. The van der Waals surface area contributed by atoms with Crippen LogP contribution in [0.2, 0.25) is 0 Å². The first-order chi connectivity index (χ1) is 17.4. The molecule has 0 aliphatic carbocycles. The molecule has 36 heavy (non-hydrogen) atoms. The Labute approximate surface area is 208 Å². The van der Waals surface area contributed by atoms with Crippen LogP contribution in [0, 0.1) is 18.6 Å². The summed E-state index contributed by atoms with van der Waals surface area (Å²) in [5, 5.41) is 1.47. The smallest absolute Gasteiger partial charge is 0.201 e. The summed E-state index contributed by atoms with van der Waals surface area (Å²) in [5.74, 6) is -2.63. The van der Waals surface area contributed by atoms with Gasteiger partial charge in [0.15, 0.2) is 5.82 Å². The molecule has 5 rings (SSSR count). The molecule has 0 saturated carbocycles. The number of ketones is 1. The maximum atomic E-state index is 15.2. The minimum atomic E-state index is -1.55. The van der Waals surface area contributed by atoms with E-state index in [1.807, 2.05) is 38.1 Å². The van der Waals surface area contributed by atoms with Crippen molar-refractivity contribution in [2.45, 2.75) is 20.3 Å². The third kappa shape index (κ3) is 4.26. The number of nitrogens with one attached hydrogen (secondary N) is 2. The van der Waals surface area contributed by atoms with Crippen molar-refractivity contribution in [1.29, 1.82) is 0 Å². The van der Waals surface area contributed by atoms with E-state index in [4.69, 9.17) is 0 Å². The average Bonchev–Trinajstić information content (AvgIpc) is 3.29. The molecule has 3 heterocycles. The van der Waals surface area contributed by atoms with Crippen LogP contribution >= 0.6 is 0 Å². The van der Waals surface area contributed by atoms with Crippen LogP contribution in [0.25, 0.3) is 33.1 Å². The molecule has 182 valence electrons. The van der Waals surface area contributed by atoms with Crippen molar-refractivity contribution in [2.75, 3.05) is 10.5 Å². The Morgan fingerprint density at radius 2 is 1.89 bits per heavy atom. The van der Waals surface area contributed by atoms with Gasteiger partial charge in [-0.2, -0.15) is 0 Å². The number of benzene rings is 2. The highest BCUT2D eigenvalue weighted by Gasteiger charge is 2.25. The van der Waals surface area contributed by atoms with Crippen molar-refractivity contribution in [1.82, 2.24) is 15.0 Å². The molecule has 2 N–H and O–H groups in total. The summed E-state index contributed by atoms with van der Waals surface area (Å²) in [6.07, 6.45) is 5.42. The lowest BCUT2D eigenvalue weighted by molar-refractivity contribution is 0.103. The molecule has 0 aliphatic heterocycles. The van der Waals surface area contributed by atoms with Crippen molar-refractivity contribution < 1.29 is 17.8 Å². The van der Waals surface area contributed by atoms with Crippen LogP contribution < -0.4 is 4.72 Å². The number of H-pyrrole nitrogens is 1. The Morgan fingerprint density at radius 3 is 2.69 bits per heavy atom. The van der Waals surface area contributed by atoms with Gasteiger partial charge in [-0.1, -0.05) is 19.1 Å². The number of hydrogen-bond acceptors (Lipinski definition) is 4. The molecule has 2 aromatic carbocycles. The molecule has 0 spiro atoms. The molecule has 1 atom stereocenters. The van der Waals surface area contributed by atoms with E-state index in [1.165, 1.54) is 6.20 Å². The van der Waals surface area contributed by atoms with Crippen LogP contribution in [0.3, 0.4) is 0 Å². The first-order valence-corrected chi connectivity index (χ1v) is 12.7. The first kappa shape index (κ1) is 23.7. The van der Waals surface area contributed by atoms with Crippen LogP contribution in [-0.4, -0.2) is 30.7 Å². The average molecular weight is 505 g/mol. The molecule has 0 fully saturated rings. The van der Waals surface area contributed by atoms with Gasteiger partial charge in [-0.05, 0) is 54.8 Å². The fourth-order valence-electron chi connectivity index (χ4n) is 4.15. The van der Waals surface area contributed by atoms with Crippen LogP contribution in [0.5, 0.6) is 0 Å². The van der Waals surface area contributed by atoms with Crippen LogP contribution in [0.15, 0.2) is 61.1 Å². The number of anilines is 1. The van der Waals surface area contributed by atoms with Gasteiger partial charge >= 0.3 is 0 Å². The SMILES string of the molecule is CCCS(=O)Nc1ccc(F)c(C(=O)c2c[nH]c3ncc(-c4ccc5c(C)ccnc5c4)cc23)c1F. The third-order valence-corrected chi connectivity index (χ3v) is 7.23. The molecular formula is C27H22F2N4O2S. The van der Waals surface area contributed by atoms with E-state index >= 15 is 4.39 Å². The molecule has 6 nitrogen and oxygen atoms in total. The largest absolute Gasteiger partial charge is 0.345 e. The fourth-order valence-corrected chi connectivity index (χ4v) is 5.03. The highest BCUT2D eigenvalue weighted by molar-refractivity contribution is 7.86. The number of aromatic amines is 1. The van der Waals surface area contributed by atoms with E-state index in [9.17, 15) is 13.4 Å². The van der Waals surface area contributed by atoms with E-state index in [2.05, 4.69) is 19.7 Å². The number of carbonyl (C=O) groups is 1. The van der Waals surface area contributed by atoms with Crippen molar-refractivity contribution >= 4 is 44.4 Å². The van der Waals surface area contributed by atoms with E-state index in [1.54, 1.807) is 18.5 Å². The Morgan fingerprint density at radius 1 is 1.06 bits per heavy atom. The standard InChI is InChI=1S/C27H22F2N4O2S/c1-3-10-36(35)33-22-7-6-21(28)24(25(22)29)26(34)20-14-32-27-19(20)11-17(13-31-27)16-4-5-18-15(2)8-9-30-23(18)12-16/h4-9,11-14,33H,3,10H2,1-2H3,(H,31,32). The number of aromatic nitrogens is 3. The lowest BCUT2D eigenvalue weighted by atomic mass is 9.99. The quantitative estimate of drug-likeness (QED) is 0.263. The van der Waals surface area contributed by atoms with Crippen molar-refractivity contribution in [3.63, 3.8) is 0 Å². The van der Waals surface area contributed by atoms with E-state index in [0.717, 1.165) is 39.7 Å². The molecule has 0 amide bonds. The summed E-state index contributed by atoms with van der Waals surface area (Å²) in [6, 6.07) is 11.7. The maximum Gasteiger partial charge on any atom is 0.201 e. The number of rotatable bonds is 7. The summed E-state index contributed by atoms with van der Waals surface area (Å²) >= 11 is 0. The number of pyridine rings is 2. The van der Waals surface area contributed by atoms with Gasteiger partial charge < -0.3 is 9.71 Å². The normalized spacial score (nSPS) is 12.2. The second kappa shape index (κ2) is 9.58. The summed E-state index contributed by atoms with van der Waals surface area (Å²) in [4.78, 5) is 25.1. The summed E-state index contributed by atoms with van der Waals surface area (Å²) in [5.41, 5.74) is 3.10. The van der Waals surface area contributed by atoms with Gasteiger partial charge in [0.2, 0.25) is 5.78 Å². The molecule has 0 radical (unpaired) electrons. The van der Waals surface area contributed by atoms with Gasteiger partial charge in [0.25, 0.3) is 0 Å². The fraction of sp³-hybridized carbons (Fsp3) is 0.148. The van der Waals surface area contributed by atoms with Gasteiger partial charge in [0, 0.05) is 46.2 Å².